The number of nitriles is 3. The molecule has 2 aliphatic rings. The lowest BCUT2D eigenvalue weighted by Crippen LogP contribution is -2.49. The van der Waals surface area contributed by atoms with Gasteiger partial charge in [0.15, 0.2) is 5.41 Å². The number of thiophene rings is 1. The van der Waals surface area contributed by atoms with Crippen molar-refractivity contribution in [2.45, 2.75) is 32.7 Å². The molecule has 1 aliphatic carbocycles. The third-order valence-corrected chi connectivity index (χ3v) is 6.71. The van der Waals surface area contributed by atoms with E-state index >= 15 is 0 Å². The fourth-order valence-electron chi connectivity index (χ4n) is 4.10. The summed E-state index contributed by atoms with van der Waals surface area (Å²) in [7, 11) is 0. The van der Waals surface area contributed by atoms with Crippen LogP contribution in [0.3, 0.4) is 0 Å². The van der Waals surface area contributed by atoms with E-state index in [1.807, 2.05) is 24.4 Å². The van der Waals surface area contributed by atoms with E-state index in [-0.39, 0.29) is 17.5 Å². The Labute approximate surface area is 158 Å². The Morgan fingerprint density at radius 2 is 2.00 bits per heavy atom. The molecular formula is C20H21N5S. The van der Waals surface area contributed by atoms with E-state index < -0.39 is 5.41 Å². The fraction of sp³-hybridized carbons (Fsp3) is 0.450. The number of allylic oxidation sites excluding steroid dienone is 2. The van der Waals surface area contributed by atoms with Gasteiger partial charge >= 0.3 is 0 Å². The van der Waals surface area contributed by atoms with Gasteiger partial charge in [-0.2, -0.15) is 15.8 Å². The fourth-order valence-corrected chi connectivity index (χ4v) is 5.26. The molecule has 1 aromatic rings. The number of aryl methyl sites for hydroxylation is 1. The Morgan fingerprint density at radius 3 is 2.50 bits per heavy atom. The van der Waals surface area contributed by atoms with Gasteiger partial charge in [-0.15, -0.1) is 11.3 Å². The highest BCUT2D eigenvalue weighted by molar-refractivity contribution is 7.10. The van der Waals surface area contributed by atoms with E-state index in [1.54, 1.807) is 11.3 Å². The summed E-state index contributed by atoms with van der Waals surface area (Å²) >= 11 is 1.56. The Bertz CT molecular complexity index is 901. The van der Waals surface area contributed by atoms with Crippen molar-refractivity contribution >= 4 is 11.3 Å². The largest absolute Gasteiger partial charge is 0.399 e. The second-order valence-electron chi connectivity index (χ2n) is 7.19. The van der Waals surface area contributed by atoms with Gasteiger partial charge in [-0.1, -0.05) is 6.08 Å². The molecule has 2 atom stereocenters. The molecule has 0 bridgehead atoms. The zero-order chi connectivity index (χ0) is 19.1. The van der Waals surface area contributed by atoms with Crippen molar-refractivity contribution in [1.29, 1.82) is 15.8 Å². The predicted molar refractivity (Wildman–Crippen MR) is 101 cm³/mol. The van der Waals surface area contributed by atoms with Gasteiger partial charge in [0.2, 0.25) is 0 Å². The second-order valence-corrected chi connectivity index (χ2v) is 8.14. The maximum Gasteiger partial charge on any atom is 0.192 e. The summed E-state index contributed by atoms with van der Waals surface area (Å²) in [5.41, 5.74) is 7.14. The van der Waals surface area contributed by atoms with Crippen molar-refractivity contribution < 1.29 is 0 Å². The highest BCUT2D eigenvalue weighted by Crippen LogP contribution is 2.55. The van der Waals surface area contributed by atoms with Crippen LogP contribution in [0.5, 0.6) is 0 Å². The average Bonchev–Trinajstić information content (AvgIpc) is 3.05. The minimum Gasteiger partial charge on any atom is -0.399 e. The Kier molecular flexibility index (Phi) is 4.63. The van der Waals surface area contributed by atoms with Crippen LogP contribution in [0.1, 0.15) is 30.2 Å². The zero-order valence-corrected chi connectivity index (χ0v) is 16.0. The quantitative estimate of drug-likeness (QED) is 0.869. The van der Waals surface area contributed by atoms with E-state index in [0.717, 1.165) is 22.6 Å². The normalized spacial score (nSPS) is 25.0. The minimum atomic E-state index is -1.53. The van der Waals surface area contributed by atoms with Crippen LogP contribution in [-0.2, 0) is 0 Å². The third-order valence-electron chi connectivity index (χ3n) is 5.61. The molecule has 0 fully saturated rings. The van der Waals surface area contributed by atoms with Gasteiger partial charge < -0.3 is 5.73 Å². The lowest BCUT2D eigenvalue weighted by atomic mass is 9.59. The number of nitrogens with two attached hydrogens (primary N) is 1. The van der Waals surface area contributed by atoms with Gasteiger partial charge in [0.05, 0.1) is 23.4 Å². The maximum absolute atomic E-state index is 10.0. The number of hydrogen-bond acceptors (Lipinski definition) is 6. The van der Waals surface area contributed by atoms with Crippen molar-refractivity contribution in [2.24, 2.45) is 17.1 Å². The third kappa shape index (κ3) is 2.44. The summed E-state index contributed by atoms with van der Waals surface area (Å²) in [5, 5.41) is 31.7. The van der Waals surface area contributed by atoms with Gasteiger partial charge in [0, 0.05) is 35.8 Å². The van der Waals surface area contributed by atoms with Gasteiger partial charge in [-0.05, 0) is 43.4 Å². The van der Waals surface area contributed by atoms with Gasteiger partial charge in [-0.25, -0.2) is 0 Å². The highest BCUT2D eigenvalue weighted by atomic mass is 32.1. The van der Waals surface area contributed by atoms with E-state index in [4.69, 9.17) is 5.73 Å². The lowest BCUT2D eigenvalue weighted by Gasteiger charge is -2.46. The summed E-state index contributed by atoms with van der Waals surface area (Å²) in [4.78, 5) is 3.31. The van der Waals surface area contributed by atoms with Crippen LogP contribution in [0.4, 0.5) is 0 Å². The van der Waals surface area contributed by atoms with Crippen molar-refractivity contribution in [1.82, 2.24) is 4.90 Å². The summed E-state index contributed by atoms with van der Waals surface area (Å²) in [6.45, 7) is 7.70. The molecule has 0 spiro atoms. The first kappa shape index (κ1) is 18.2. The SMILES string of the molecule is Cc1ccsc1[C@H]1C2CN(C(C)C)CC=C2C(C#N)=C(N)C1(C#N)C#N. The average molecular weight is 363 g/mol. The number of fused-ring (bicyclic) bond motifs is 1. The van der Waals surface area contributed by atoms with Gasteiger partial charge in [-0.3, -0.25) is 4.90 Å². The maximum atomic E-state index is 10.0. The smallest absolute Gasteiger partial charge is 0.192 e. The number of rotatable bonds is 2. The van der Waals surface area contributed by atoms with Crippen molar-refractivity contribution in [3.63, 3.8) is 0 Å². The summed E-state index contributed by atoms with van der Waals surface area (Å²) in [6.07, 6.45) is 2.05. The van der Waals surface area contributed by atoms with E-state index in [2.05, 4.69) is 37.0 Å². The molecule has 132 valence electrons. The van der Waals surface area contributed by atoms with Crippen molar-refractivity contribution in [3.8, 4) is 18.2 Å². The molecule has 2 heterocycles. The van der Waals surface area contributed by atoms with Crippen LogP contribution in [0.25, 0.3) is 0 Å². The van der Waals surface area contributed by atoms with Gasteiger partial charge in [0.25, 0.3) is 0 Å². The molecule has 1 unspecified atom stereocenters. The van der Waals surface area contributed by atoms with Crippen molar-refractivity contribution in [3.05, 3.63) is 44.8 Å². The first-order valence-electron chi connectivity index (χ1n) is 8.62. The minimum absolute atomic E-state index is 0.100. The molecule has 0 radical (unpaired) electrons. The van der Waals surface area contributed by atoms with Crippen LogP contribution in [0.15, 0.2) is 34.4 Å². The zero-order valence-electron chi connectivity index (χ0n) is 15.2. The Hall–Kier alpha value is -2.59. The Balaban J connectivity index is 2.31. The molecule has 1 aliphatic heterocycles. The molecule has 1 aromatic heterocycles. The molecule has 6 heteroatoms. The highest BCUT2D eigenvalue weighted by Gasteiger charge is 2.55. The van der Waals surface area contributed by atoms with Crippen LogP contribution >= 0.6 is 11.3 Å². The molecule has 0 aromatic carbocycles. The van der Waals surface area contributed by atoms with Crippen LogP contribution in [0.2, 0.25) is 0 Å². The number of nitrogens with zero attached hydrogens (tertiary/aromatic N) is 4. The topological polar surface area (TPSA) is 101 Å². The molecule has 0 amide bonds. The molecule has 3 rings (SSSR count). The van der Waals surface area contributed by atoms with Gasteiger partial charge in [0.1, 0.15) is 6.07 Å². The van der Waals surface area contributed by atoms with E-state index in [9.17, 15) is 15.8 Å². The van der Waals surface area contributed by atoms with Crippen LogP contribution in [-0.4, -0.2) is 24.0 Å². The first-order valence-corrected chi connectivity index (χ1v) is 9.50. The number of hydrogen-bond donors (Lipinski definition) is 1. The van der Waals surface area contributed by atoms with Crippen molar-refractivity contribution in [2.75, 3.05) is 13.1 Å². The van der Waals surface area contributed by atoms with E-state index in [0.29, 0.717) is 18.2 Å². The second kappa shape index (κ2) is 6.61. The summed E-state index contributed by atoms with van der Waals surface area (Å²) < 4.78 is 0. The summed E-state index contributed by atoms with van der Waals surface area (Å²) in [5.74, 6) is -0.479. The standard InChI is InChI=1S/C20H21N5S/c1-12(2)25-6-4-14-15(8-21)19(24)20(10-22,11-23)17(16(14)9-25)18-13(3)5-7-26-18/h4-5,7,12,16-17H,6,9,24H2,1-3H3/t16?,17-/m1/s1. The summed E-state index contributed by atoms with van der Waals surface area (Å²) in [6, 6.07) is 8.89. The molecule has 0 saturated carbocycles. The van der Waals surface area contributed by atoms with Crippen LogP contribution < -0.4 is 5.73 Å². The molecule has 0 saturated heterocycles. The molecule has 26 heavy (non-hydrogen) atoms. The molecule has 5 nitrogen and oxygen atoms in total. The predicted octanol–water partition coefficient (Wildman–Crippen LogP) is 3.19. The first-order chi connectivity index (χ1) is 12.4. The van der Waals surface area contributed by atoms with Crippen LogP contribution in [0, 0.1) is 52.2 Å². The monoisotopic (exact) mass is 363 g/mol. The molecular weight excluding hydrogens is 342 g/mol. The Morgan fingerprint density at radius 1 is 1.31 bits per heavy atom. The van der Waals surface area contributed by atoms with E-state index in [1.165, 1.54) is 0 Å². The lowest BCUT2D eigenvalue weighted by molar-refractivity contribution is 0.175. The molecule has 2 N–H and O–H groups in total.